The van der Waals surface area contributed by atoms with E-state index < -0.39 is 5.97 Å². The fourth-order valence-electron chi connectivity index (χ4n) is 2.63. The number of nitrogens with zero attached hydrogens (tertiary/aromatic N) is 1. The van der Waals surface area contributed by atoms with Crippen LogP contribution in [-0.4, -0.2) is 16.6 Å². The maximum absolute atomic E-state index is 12.8. The summed E-state index contributed by atoms with van der Waals surface area (Å²) in [5.41, 5.74) is 2.05. The molecule has 4 heteroatoms. The number of carbonyl (C=O) groups is 1. The lowest BCUT2D eigenvalue weighted by Gasteiger charge is -2.13. The van der Waals surface area contributed by atoms with Gasteiger partial charge in [-0.2, -0.15) is 0 Å². The molecule has 0 saturated heterocycles. The average Bonchev–Trinajstić information content (AvgIpc) is 2.56. The van der Waals surface area contributed by atoms with Gasteiger partial charge in [0.15, 0.2) is 0 Å². The monoisotopic (exact) mass is 321 g/mol. The maximum Gasteiger partial charge on any atom is 0.340 e. The molecular weight excluding hydrogens is 302 g/mol. The third-order valence-electron chi connectivity index (χ3n) is 3.80. The van der Waals surface area contributed by atoms with E-state index in [1.807, 2.05) is 37.3 Å². The third-order valence-corrected chi connectivity index (χ3v) is 3.80. The van der Waals surface area contributed by atoms with E-state index in [1.54, 1.807) is 38.2 Å². The summed E-state index contributed by atoms with van der Waals surface area (Å²) in [5.74, 6) is -0.429. The highest BCUT2D eigenvalue weighted by Crippen LogP contribution is 2.19. The average molecular weight is 321 g/mol. The lowest BCUT2D eigenvalue weighted by atomic mass is 10.1. The first-order valence-electron chi connectivity index (χ1n) is 7.90. The molecule has 122 valence electrons. The van der Waals surface area contributed by atoms with E-state index in [2.05, 4.69) is 0 Å². The molecule has 0 aliphatic rings. The Morgan fingerprint density at radius 2 is 1.62 bits per heavy atom. The molecule has 0 fully saturated rings. The number of ether oxygens (including phenoxy) is 1. The largest absolute Gasteiger partial charge is 0.459 e. The van der Waals surface area contributed by atoms with Crippen LogP contribution < -0.4 is 5.56 Å². The topological polar surface area (TPSA) is 48.3 Å². The Morgan fingerprint density at radius 3 is 2.25 bits per heavy atom. The maximum atomic E-state index is 12.8. The number of aromatic nitrogens is 1. The molecule has 0 radical (unpaired) electrons. The molecular formula is C20H19NO3. The normalized spacial score (nSPS) is 11.0. The molecule has 0 aliphatic carbocycles. The van der Waals surface area contributed by atoms with E-state index in [4.69, 9.17) is 4.74 Å². The van der Waals surface area contributed by atoms with Gasteiger partial charge in [0.1, 0.15) is 0 Å². The van der Waals surface area contributed by atoms with Gasteiger partial charge in [-0.3, -0.25) is 9.36 Å². The van der Waals surface area contributed by atoms with Crippen molar-refractivity contribution in [2.75, 3.05) is 0 Å². The van der Waals surface area contributed by atoms with Crippen LogP contribution in [0.4, 0.5) is 0 Å². The van der Waals surface area contributed by atoms with Gasteiger partial charge in [-0.05, 0) is 39.0 Å². The summed E-state index contributed by atoms with van der Waals surface area (Å²) in [7, 11) is 0. The van der Waals surface area contributed by atoms with Crippen molar-refractivity contribution in [2.45, 2.75) is 26.9 Å². The molecule has 1 heterocycles. The minimum absolute atomic E-state index is 0.157. The quantitative estimate of drug-likeness (QED) is 0.688. The summed E-state index contributed by atoms with van der Waals surface area (Å²) in [6.07, 6.45) is 1.34. The predicted octanol–water partition coefficient (Wildman–Crippen LogP) is 3.86. The molecule has 0 unspecified atom stereocenters. The molecule has 3 rings (SSSR count). The zero-order chi connectivity index (χ0) is 17.3. The zero-order valence-corrected chi connectivity index (χ0v) is 13.9. The fraction of sp³-hybridized carbons (Fsp3) is 0.200. The first kappa shape index (κ1) is 16.0. The molecule has 1 aromatic heterocycles. The van der Waals surface area contributed by atoms with Crippen LogP contribution in [0.1, 0.15) is 29.8 Å². The number of carbonyl (C=O) groups excluding carboxylic acids is 1. The van der Waals surface area contributed by atoms with Gasteiger partial charge in [-0.1, -0.05) is 35.9 Å². The van der Waals surface area contributed by atoms with Crippen molar-refractivity contribution in [1.82, 2.24) is 4.57 Å². The Morgan fingerprint density at radius 1 is 1.00 bits per heavy atom. The van der Waals surface area contributed by atoms with E-state index in [-0.39, 0.29) is 11.7 Å². The Balaban J connectivity index is 2.27. The highest BCUT2D eigenvalue weighted by Gasteiger charge is 2.17. The van der Waals surface area contributed by atoms with Gasteiger partial charge in [-0.15, -0.1) is 0 Å². The van der Waals surface area contributed by atoms with E-state index in [9.17, 15) is 9.59 Å². The number of hydrogen-bond donors (Lipinski definition) is 0. The minimum Gasteiger partial charge on any atom is -0.459 e. The number of aryl methyl sites for hydroxylation is 1. The van der Waals surface area contributed by atoms with Crippen LogP contribution in [0.25, 0.3) is 16.5 Å². The second kappa shape index (κ2) is 6.32. The summed E-state index contributed by atoms with van der Waals surface area (Å²) in [6, 6.07) is 14.7. The first-order valence-corrected chi connectivity index (χ1v) is 7.90. The van der Waals surface area contributed by atoms with Crippen LogP contribution in [-0.2, 0) is 4.74 Å². The lowest BCUT2D eigenvalue weighted by Crippen LogP contribution is -2.22. The van der Waals surface area contributed by atoms with Crippen molar-refractivity contribution in [3.05, 3.63) is 76.2 Å². The molecule has 0 amide bonds. The second-order valence-electron chi connectivity index (χ2n) is 6.05. The predicted molar refractivity (Wildman–Crippen MR) is 94.8 cm³/mol. The SMILES string of the molecule is Cc1ccc(-n2cc(C(=O)OC(C)C)c3ccccc3c2=O)cc1. The van der Waals surface area contributed by atoms with Crippen LogP contribution in [0.15, 0.2) is 59.5 Å². The van der Waals surface area contributed by atoms with E-state index in [1.165, 1.54) is 4.57 Å². The van der Waals surface area contributed by atoms with Gasteiger partial charge >= 0.3 is 5.97 Å². The first-order chi connectivity index (χ1) is 11.5. The van der Waals surface area contributed by atoms with Crippen LogP contribution in [0.2, 0.25) is 0 Å². The molecule has 0 N–H and O–H groups in total. The van der Waals surface area contributed by atoms with Crippen molar-refractivity contribution < 1.29 is 9.53 Å². The van der Waals surface area contributed by atoms with Gasteiger partial charge < -0.3 is 4.74 Å². The molecule has 3 aromatic rings. The van der Waals surface area contributed by atoms with E-state index in [0.717, 1.165) is 11.3 Å². The molecule has 0 bridgehead atoms. The number of hydrogen-bond acceptors (Lipinski definition) is 3. The molecule has 0 aliphatic heterocycles. The second-order valence-corrected chi connectivity index (χ2v) is 6.05. The molecule has 24 heavy (non-hydrogen) atoms. The molecule has 0 spiro atoms. The minimum atomic E-state index is -0.429. The number of fused-ring (bicyclic) bond motifs is 1. The van der Waals surface area contributed by atoms with Gasteiger partial charge in [0.25, 0.3) is 5.56 Å². The van der Waals surface area contributed by atoms with Crippen LogP contribution in [0.3, 0.4) is 0 Å². The van der Waals surface area contributed by atoms with Crippen LogP contribution >= 0.6 is 0 Å². The third kappa shape index (κ3) is 2.95. The van der Waals surface area contributed by atoms with Gasteiger partial charge in [0.05, 0.1) is 11.7 Å². The zero-order valence-electron chi connectivity index (χ0n) is 13.9. The highest BCUT2D eigenvalue weighted by molar-refractivity contribution is 6.04. The number of rotatable bonds is 3. The van der Waals surface area contributed by atoms with Crippen molar-refractivity contribution in [1.29, 1.82) is 0 Å². The van der Waals surface area contributed by atoms with Crippen molar-refractivity contribution in [2.24, 2.45) is 0 Å². The van der Waals surface area contributed by atoms with Crippen molar-refractivity contribution >= 4 is 16.7 Å². The van der Waals surface area contributed by atoms with E-state index >= 15 is 0 Å². The molecule has 4 nitrogen and oxygen atoms in total. The smallest absolute Gasteiger partial charge is 0.340 e. The summed E-state index contributed by atoms with van der Waals surface area (Å²) in [4.78, 5) is 25.3. The summed E-state index contributed by atoms with van der Waals surface area (Å²) < 4.78 is 6.84. The number of benzene rings is 2. The Bertz CT molecular complexity index is 953. The molecule has 0 atom stereocenters. The molecule has 0 saturated carbocycles. The summed E-state index contributed by atoms with van der Waals surface area (Å²) >= 11 is 0. The Kier molecular flexibility index (Phi) is 4.21. The summed E-state index contributed by atoms with van der Waals surface area (Å²) in [5, 5.41) is 1.10. The standard InChI is InChI=1S/C20H19NO3/c1-13(2)24-20(23)18-12-21(15-10-8-14(3)9-11-15)19(22)17-7-5-4-6-16(17)18/h4-13H,1-3H3. The van der Waals surface area contributed by atoms with Gasteiger partial charge in [0.2, 0.25) is 0 Å². The number of pyridine rings is 1. The van der Waals surface area contributed by atoms with E-state index in [0.29, 0.717) is 16.3 Å². The Labute approximate surface area is 140 Å². The van der Waals surface area contributed by atoms with Crippen molar-refractivity contribution in [3.63, 3.8) is 0 Å². The fourth-order valence-corrected chi connectivity index (χ4v) is 2.63. The summed E-state index contributed by atoms with van der Waals surface area (Å²) in [6.45, 7) is 5.59. The lowest BCUT2D eigenvalue weighted by molar-refractivity contribution is 0.0379. The van der Waals surface area contributed by atoms with Crippen molar-refractivity contribution in [3.8, 4) is 5.69 Å². The van der Waals surface area contributed by atoms with Gasteiger partial charge in [0, 0.05) is 22.7 Å². The van der Waals surface area contributed by atoms with Crippen LogP contribution in [0.5, 0.6) is 0 Å². The highest BCUT2D eigenvalue weighted by atomic mass is 16.5. The van der Waals surface area contributed by atoms with Gasteiger partial charge in [-0.25, -0.2) is 4.79 Å². The number of esters is 1. The molecule has 2 aromatic carbocycles. The van der Waals surface area contributed by atoms with Crippen LogP contribution in [0, 0.1) is 6.92 Å². The Hall–Kier alpha value is -2.88.